The summed E-state index contributed by atoms with van der Waals surface area (Å²) < 4.78 is 5.67. The lowest BCUT2D eigenvalue weighted by atomic mass is 10.2. The van der Waals surface area contributed by atoms with Crippen LogP contribution in [0.25, 0.3) is 0 Å². The van der Waals surface area contributed by atoms with E-state index in [2.05, 4.69) is 0 Å². The van der Waals surface area contributed by atoms with Gasteiger partial charge in [-0.1, -0.05) is 30.5 Å². The number of carbonyl (C=O) groups is 2. The van der Waals surface area contributed by atoms with Crippen LogP contribution in [0.3, 0.4) is 0 Å². The maximum Gasteiger partial charge on any atom is 0.263 e. The fourth-order valence-electron chi connectivity index (χ4n) is 2.52. The van der Waals surface area contributed by atoms with Crippen LogP contribution in [0.2, 0.25) is 5.02 Å². The molecule has 1 amide bonds. The fourth-order valence-corrected chi connectivity index (χ4v) is 2.74. The molecule has 1 unspecified atom stereocenters. The second kappa shape index (κ2) is 7.46. The first-order chi connectivity index (χ1) is 10.1. The van der Waals surface area contributed by atoms with E-state index in [9.17, 15) is 9.59 Å². The Hall–Kier alpha value is -1.55. The molecule has 1 aliphatic rings. The van der Waals surface area contributed by atoms with Crippen molar-refractivity contribution in [3.8, 4) is 5.75 Å². The topological polar surface area (TPSA) is 46.6 Å². The minimum atomic E-state index is -0.651. The number of para-hydroxylation sites is 1. The van der Waals surface area contributed by atoms with Crippen molar-refractivity contribution in [1.29, 1.82) is 0 Å². The van der Waals surface area contributed by atoms with Gasteiger partial charge < -0.3 is 9.64 Å². The summed E-state index contributed by atoms with van der Waals surface area (Å²) in [6.45, 7) is 3.25. The van der Waals surface area contributed by atoms with Crippen LogP contribution in [-0.4, -0.2) is 36.3 Å². The molecule has 0 bridgehead atoms. The fraction of sp³-hybridized carbons (Fsp3) is 0.500. The zero-order valence-corrected chi connectivity index (χ0v) is 12.9. The van der Waals surface area contributed by atoms with Crippen LogP contribution in [0.4, 0.5) is 0 Å². The van der Waals surface area contributed by atoms with Gasteiger partial charge in [0.15, 0.2) is 12.4 Å². The van der Waals surface area contributed by atoms with Crippen molar-refractivity contribution in [2.45, 2.75) is 38.7 Å². The van der Waals surface area contributed by atoms with E-state index in [1.807, 2.05) is 4.90 Å². The van der Waals surface area contributed by atoms with Gasteiger partial charge in [0.2, 0.25) is 0 Å². The Balaban J connectivity index is 2.08. The quantitative estimate of drug-likeness (QED) is 0.802. The SMILES string of the molecule is CC(Oc1c(Cl)cccc1C=O)C(=O)N1CCCCCC1. The van der Waals surface area contributed by atoms with Gasteiger partial charge in [-0.05, 0) is 31.9 Å². The number of ether oxygens (including phenoxy) is 1. The summed E-state index contributed by atoms with van der Waals surface area (Å²) >= 11 is 6.06. The highest BCUT2D eigenvalue weighted by Gasteiger charge is 2.24. The van der Waals surface area contributed by atoms with Gasteiger partial charge in [-0.3, -0.25) is 9.59 Å². The number of carbonyl (C=O) groups excluding carboxylic acids is 2. The molecule has 5 heteroatoms. The predicted molar refractivity (Wildman–Crippen MR) is 82.0 cm³/mol. The number of hydrogen-bond acceptors (Lipinski definition) is 3. The highest BCUT2D eigenvalue weighted by atomic mass is 35.5. The van der Waals surface area contributed by atoms with Crippen molar-refractivity contribution in [3.63, 3.8) is 0 Å². The Labute approximate surface area is 130 Å². The van der Waals surface area contributed by atoms with Crippen LogP contribution >= 0.6 is 11.6 Å². The minimum absolute atomic E-state index is 0.0475. The number of benzene rings is 1. The molecule has 0 aromatic heterocycles. The molecular formula is C16H20ClNO3. The molecule has 0 aliphatic carbocycles. The summed E-state index contributed by atoms with van der Waals surface area (Å²) in [7, 11) is 0. The van der Waals surface area contributed by atoms with Crippen LogP contribution in [0, 0.1) is 0 Å². The maximum atomic E-state index is 12.4. The maximum absolute atomic E-state index is 12.4. The van der Waals surface area contributed by atoms with Crippen LogP contribution < -0.4 is 4.74 Å². The van der Waals surface area contributed by atoms with E-state index in [1.165, 1.54) is 12.8 Å². The summed E-state index contributed by atoms with van der Waals surface area (Å²) in [6.07, 6.45) is 4.43. The molecule has 0 saturated carbocycles. The number of rotatable bonds is 4. The monoisotopic (exact) mass is 309 g/mol. The molecule has 1 aliphatic heterocycles. The third-order valence-electron chi connectivity index (χ3n) is 3.68. The zero-order chi connectivity index (χ0) is 15.2. The second-order valence-electron chi connectivity index (χ2n) is 5.28. The van der Waals surface area contributed by atoms with Crippen LogP contribution in [0.1, 0.15) is 43.0 Å². The number of nitrogens with zero attached hydrogens (tertiary/aromatic N) is 1. The predicted octanol–water partition coefficient (Wildman–Crippen LogP) is 3.32. The van der Waals surface area contributed by atoms with E-state index in [4.69, 9.17) is 16.3 Å². The molecular weight excluding hydrogens is 290 g/mol. The lowest BCUT2D eigenvalue weighted by Gasteiger charge is -2.25. The van der Waals surface area contributed by atoms with E-state index in [-0.39, 0.29) is 11.7 Å². The first-order valence-electron chi connectivity index (χ1n) is 7.32. The van der Waals surface area contributed by atoms with Crippen LogP contribution in [-0.2, 0) is 4.79 Å². The molecule has 1 saturated heterocycles. The third kappa shape index (κ3) is 3.97. The van der Waals surface area contributed by atoms with Crippen molar-refractivity contribution >= 4 is 23.8 Å². The Morgan fingerprint density at radius 1 is 1.29 bits per heavy atom. The Bertz CT molecular complexity index is 510. The van der Waals surface area contributed by atoms with E-state index < -0.39 is 6.10 Å². The molecule has 0 radical (unpaired) electrons. The average molecular weight is 310 g/mol. The largest absolute Gasteiger partial charge is 0.479 e. The van der Waals surface area contributed by atoms with Gasteiger partial charge in [0.05, 0.1) is 10.6 Å². The number of amides is 1. The van der Waals surface area contributed by atoms with Crippen molar-refractivity contribution in [3.05, 3.63) is 28.8 Å². The van der Waals surface area contributed by atoms with Gasteiger partial charge >= 0.3 is 0 Å². The summed E-state index contributed by atoms with van der Waals surface area (Å²) in [5, 5.41) is 0.343. The summed E-state index contributed by atoms with van der Waals surface area (Å²) in [5.41, 5.74) is 0.359. The first-order valence-corrected chi connectivity index (χ1v) is 7.70. The molecule has 0 spiro atoms. The minimum Gasteiger partial charge on any atom is -0.479 e. The highest BCUT2D eigenvalue weighted by Crippen LogP contribution is 2.28. The van der Waals surface area contributed by atoms with Crippen molar-refractivity contribution < 1.29 is 14.3 Å². The van der Waals surface area contributed by atoms with Crippen molar-refractivity contribution in [1.82, 2.24) is 4.90 Å². The average Bonchev–Trinajstić information content (AvgIpc) is 2.77. The molecule has 0 N–H and O–H groups in total. The summed E-state index contributed by atoms with van der Waals surface area (Å²) in [5.74, 6) is 0.235. The Kier molecular flexibility index (Phi) is 5.62. The highest BCUT2D eigenvalue weighted by molar-refractivity contribution is 6.32. The van der Waals surface area contributed by atoms with Gasteiger partial charge in [-0.15, -0.1) is 0 Å². The van der Waals surface area contributed by atoms with E-state index in [0.29, 0.717) is 16.9 Å². The molecule has 1 fully saturated rings. The summed E-state index contributed by atoms with van der Waals surface area (Å²) in [4.78, 5) is 25.3. The molecule has 1 heterocycles. The van der Waals surface area contributed by atoms with E-state index in [0.717, 1.165) is 25.9 Å². The Morgan fingerprint density at radius 3 is 2.57 bits per heavy atom. The van der Waals surface area contributed by atoms with Gasteiger partial charge in [0.1, 0.15) is 5.75 Å². The lowest BCUT2D eigenvalue weighted by molar-refractivity contribution is -0.137. The van der Waals surface area contributed by atoms with Crippen molar-refractivity contribution in [2.24, 2.45) is 0 Å². The number of aldehydes is 1. The standard InChI is InChI=1S/C16H20ClNO3/c1-12(16(20)18-9-4-2-3-5-10-18)21-15-13(11-19)7-6-8-14(15)17/h6-8,11-12H,2-5,9-10H2,1H3. The molecule has 1 atom stereocenters. The van der Waals surface area contributed by atoms with Gasteiger partial charge in [0, 0.05) is 13.1 Å². The molecule has 1 aromatic rings. The normalized spacial score (nSPS) is 17.0. The van der Waals surface area contributed by atoms with Gasteiger partial charge in [-0.2, -0.15) is 0 Å². The van der Waals surface area contributed by atoms with E-state index >= 15 is 0 Å². The molecule has 4 nitrogen and oxygen atoms in total. The lowest BCUT2D eigenvalue weighted by Crippen LogP contribution is -2.41. The molecule has 114 valence electrons. The Morgan fingerprint density at radius 2 is 1.95 bits per heavy atom. The van der Waals surface area contributed by atoms with E-state index in [1.54, 1.807) is 25.1 Å². The number of hydrogen-bond donors (Lipinski definition) is 0. The van der Waals surface area contributed by atoms with Gasteiger partial charge in [0.25, 0.3) is 5.91 Å². The second-order valence-corrected chi connectivity index (χ2v) is 5.68. The molecule has 21 heavy (non-hydrogen) atoms. The molecule has 1 aromatic carbocycles. The summed E-state index contributed by atoms with van der Waals surface area (Å²) in [6, 6.07) is 4.95. The zero-order valence-electron chi connectivity index (χ0n) is 12.2. The van der Waals surface area contributed by atoms with Crippen LogP contribution in [0.15, 0.2) is 18.2 Å². The van der Waals surface area contributed by atoms with Crippen LogP contribution in [0.5, 0.6) is 5.75 Å². The third-order valence-corrected chi connectivity index (χ3v) is 3.98. The number of halogens is 1. The van der Waals surface area contributed by atoms with Crippen molar-refractivity contribution in [2.75, 3.05) is 13.1 Å². The molecule has 2 rings (SSSR count). The first kappa shape index (κ1) is 15.8. The van der Waals surface area contributed by atoms with Gasteiger partial charge in [-0.25, -0.2) is 0 Å². The number of likely N-dealkylation sites (tertiary alicyclic amines) is 1. The smallest absolute Gasteiger partial charge is 0.263 e.